The summed E-state index contributed by atoms with van der Waals surface area (Å²) in [4.78, 5) is 13.2. The maximum absolute atomic E-state index is 11.3. The van der Waals surface area contributed by atoms with Crippen LogP contribution in [-0.4, -0.2) is 42.1 Å². The van der Waals surface area contributed by atoms with Crippen molar-refractivity contribution in [2.75, 3.05) is 25.2 Å². The highest BCUT2D eigenvalue weighted by atomic mass is 32.2. The van der Waals surface area contributed by atoms with Gasteiger partial charge in [0.1, 0.15) is 0 Å². The number of amides is 1. The van der Waals surface area contributed by atoms with Crippen LogP contribution in [0.25, 0.3) is 0 Å². The molecule has 0 aromatic rings. The van der Waals surface area contributed by atoms with Crippen LogP contribution in [0.5, 0.6) is 0 Å². The number of carbonyl (C=O) groups excluding carboxylic acids is 1. The van der Waals surface area contributed by atoms with Crippen molar-refractivity contribution in [3.63, 3.8) is 0 Å². The molecule has 1 aliphatic rings. The molecule has 1 saturated heterocycles. The van der Waals surface area contributed by atoms with Gasteiger partial charge in [0, 0.05) is 11.8 Å². The van der Waals surface area contributed by atoms with Gasteiger partial charge in [0.2, 0.25) is 5.91 Å². The van der Waals surface area contributed by atoms with Gasteiger partial charge in [-0.3, -0.25) is 10.1 Å². The highest BCUT2D eigenvalue weighted by Crippen LogP contribution is 2.11. The van der Waals surface area contributed by atoms with E-state index in [2.05, 4.69) is 18.5 Å². The molecule has 70 valence electrons. The Morgan fingerprint density at radius 2 is 2.50 bits per heavy atom. The third-order valence-corrected chi connectivity index (χ3v) is 2.87. The van der Waals surface area contributed by atoms with Crippen LogP contribution < -0.4 is 5.32 Å². The van der Waals surface area contributed by atoms with Gasteiger partial charge in [0.25, 0.3) is 0 Å². The predicted molar refractivity (Wildman–Crippen MR) is 52.2 cm³/mol. The zero-order valence-corrected chi connectivity index (χ0v) is 8.49. The summed E-state index contributed by atoms with van der Waals surface area (Å²) in [6, 6.07) is 0.419. The fourth-order valence-corrected chi connectivity index (χ4v) is 2.23. The van der Waals surface area contributed by atoms with Crippen LogP contribution in [0.1, 0.15) is 13.3 Å². The molecule has 1 aliphatic heterocycles. The van der Waals surface area contributed by atoms with Gasteiger partial charge < -0.3 is 4.90 Å². The minimum Gasteiger partial charge on any atom is -0.325 e. The second-order valence-corrected chi connectivity index (χ2v) is 3.88. The Morgan fingerprint density at radius 1 is 1.75 bits per heavy atom. The van der Waals surface area contributed by atoms with Crippen molar-refractivity contribution in [2.45, 2.75) is 19.4 Å². The molecular weight excluding hydrogens is 172 g/mol. The van der Waals surface area contributed by atoms with E-state index in [9.17, 15) is 4.79 Å². The van der Waals surface area contributed by atoms with Crippen molar-refractivity contribution >= 4 is 17.7 Å². The van der Waals surface area contributed by atoms with Crippen LogP contribution in [0.2, 0.25) is 0 Å². The summed E-state index contributed by atoms with van der Waals surface area (Å²) in [5, 5.41) is 3.06. The van der Waals surface area contributed by atoms with Crippen molar-refractivity contribution in [3.05, 3.63) is 0 Å². The van der Waals surface area contributed by atoms with Gasteiger partial charge in [-0.25, -0.2) is 0 Å². The normalized spacial score (nSPS) is 20.2. The fourth-order valence-electron chi connectivity index (χ4n) is 1.43. The molecule has 1 N–H and O–H groups in total. The molecule has 1 unspecified atom stereocenters. The summed E-state index contributed by atoms with van der Waals surface area (Å²) in [7, 11) is 0. The van der Waals surface area contributed by atoms with Gasteiger partial charge >= 0.3 is 0 Å². The molecule has 0 spiro atoms. The lowest BCUT2D eigenvalue weighted by Crippen LogP contribution is -2.38. The summed E-state index contributed by atoms with van der Waals surface area (Å²) < 4.78 is 0. The molecule has 1 heterocycles. The summed E-state index contributed by atoms with van der Waals surface area (Å²) >= 11 is 1.80. The maximum Gasteiger partial charge on any atom is 0.237 e. The van der Waals surface area contributed by atoms with Crippen LogP contribution in [0.3, 0.4) is 0 Å². The largest absolute Gasteiger partial charge is 0.325 e. The minimum atomic E-state index is 0.246. The SMILES string of the molecule is CCC(CSC)N1CNCC1=O. The number of nitrogens with zero attached hydrogens (tertiary/aromatic N) is 1. The first-order valence-corrected chi connectivity index (χ1v) is 5.68. The van der Waals surface area contributed by atoms with Crippen molar-refractivity contribution < 1.29 is 4.79 Å². The first-order chi connectivity index (χ1) is 5.79. The van der Waals surface area contributed by atoms with E-state index in [1.807, 2.05) is 4.90 Å². The van der Waals surface area contributed by atoms with E-state index in [1.54, 1.807) is 11.8 Å². The summed E-state index contributed by atoms with van der Waals surface area (Å²) in [6.45, 7) is 3.38. The van der Waals surface area contributed by atoms with Gasteiger partial charge in [0.15, 0.2) is 0 Å². The number of carbonyl (C=O) groups is 1. The first kappa shape index (κ1) is 9.86. The van der Waals surface area contributed by atoms with Gasteiger partial charge in [-0.1, -0.05) is 6.92 Å². The number of hydrogen-bond donors (Lipinski definition) is 1. The number of hydrogen-bond acceptors (Lipinski definition) is 3. The molecule has 0 radical (unpaired) electrons. The van der Waals surface area contributed by atoms with Crippen LogP contribution in [0, 0.1) is 0 Å². The molecule has 4 heteroatoms. The van der Waals surface area contributed by atoms with Crippen LogP contribution >= 0.6 is 11.8 Å². The van der Waals surface area contributed by atoms with Gasteiger partial charge in [-0.15, -0.1) is 0 Å². The third-order valence-electron chi connectivity index (χ3n) is 2.15. The van der Waals surface area contributed by atoms with E-state index in [0.717, 1.165) is 18.8 Å². The van der Waals surface area contributed by atoms with Crippen molar-refractivity contribution in [2.24, 2.45) is 0 Å². The van der Waals surface area contributed by atoms with E-state index < -0.39 is 0 Å². The van der Waals surface area contributed by atoms with E-state index in [1.165, 1.54) is 0 Å². The Bertz CT molecular complexity index is 163. The molecule has 3 nitrogen and oxygen atoms in total. The molecule has 0 bridgehead atoms. The molecular formula is C8H16N2OS. The molecule has 1 rings (SSSR count). The van der Waals surface area contributed by atoms with E-state index in [-0.39, 0.29) is 5.91 Å². The first-order valence-electron chi connectivity index (χ1n) is 4.28. The third kappa shape index (κ3) is 2.14. The van der Waals surface area contributed by atoms with E-state index in [0.29, 0.717) is 12.6 Å². The Kier molecular flexibility index (Phi) is 3.88. The zero-order valence-electron chi connectivity index (χ0n) is 7.67. The van der Waals surface area contributed by atoms with Gasteiger partial charge in [-0.2, -0.15) is 11.8 Å². The Balaban J connectivity index is 2.46. The summed E-state index contributed by atoms with van der Waals surface area (Å²) in [5.41, 5.74) is 0. The summed E-state index contributed by atoms with van der Waals surface area (Å²) in [5.74, 6) is 1.29. The number of rotatable bonds is 4. The second-order valence-electron chi connectivity index (χ2n) is 2.97. The van der Waals surface area contributed by atoms with Crippen molar-refractivity contribution in [1.82, 2.24) is 10.2 Å². The number of nitrogens with one attached hydrogen (secondary N) is 1. The zero-order chi connectivity index (χ0) is 8.97. The lowest BCUT2D eigenvalue weighted by Gasteiger charge is -2.25. The molecule has 0 aromatic carbocycles. The molecule has 0 aliphatic carbocycles. The molecule has 1 fully saturated rings. The van der Waals surface area contributed by atoms with Crippen molar-refractivity contribution in [1.29, 1.82) is 0 Å². The minimum absolute atomic E-state index is 0.246. The van der Waals surface area contributed by atoms with Crippen LogP contribution in [-0.2, 0) is 4.79 Å². The highest BCUT2D eigenvalue weighted by Gasteiger charge is 2.25. The lowest BCUT2D eigenvalue weighted by molar-refractivity contribution is -0.128. The molecule has 12 heavy (non-hydrogen) atoms. The van der Waals surface area contributed by atoms with Gasteiger partial charge in [-0.05, 0) is 12.7 Å². The summed E-state index contributed by atoms with van der Waals surface area (Å²) in [6.07, 6.45) is 3.13. The quantitative estimate of drug-likeness (QED) is 0.698. The highest BCUT2D eigenvalue weighted by molar-refractivity contribution is 7.98. The average Bonchev–Trinajstić information content (AvgIpc) is 2.47. The van der Waals surface area contributed by atoms with Crippen molar-refractivity contribution in [3.8, 4) is 0 Å². The smallest absolute Gasteiger partial charge is 0.237 e. The van der Waals surface area contributed by atoms with Crippen LogP contribution in [0.4, 0.5) is 0 Å². The molecule has 0 aromatic heterocycles. The van der Waals surface area contributed by atoms with Crippen LogP contribution in [0.15, 0.2) is 0 Å². The van der Waals surface area contributed by atoms with E-state index in [4.69, 9.17) is 0 Å². The fraction of sp³-hybridized carbons (Fsp3) is 0.875. The lowest BCUT2D eigenvalue weighted by atomic mass is 10.2. The Hall–Kier alpha value is -0.220. The Morgan fingerprint density at radius 3 is 2.92 bits per heavy atom. The average molecular weight is 188 g/mol. The monoisotopic (exact) mass is 188 g/mol. The predicted octanol–water partition coefficient (Wildman–Crippen LogP) is 0.517. The molecule has 0 saturated carbocycles. The maximum atomic E-state index is 11.3. The molecule has 1 amide bonds. The second kappa shape index (κ2) is 4.72. The number of thioether (sulfide) groups is 1. The Labute approximate surface area is 77.9 Å². The van der Waals surface area contributed by atoms with E-state index >= 15 is 0 Å². The molecule has 1 atom stereocenters. The van der Waals surface area contributed by atoms with Gasteiger partial charge in [0.05, 0.1) is 13.2 Å². The standard InChI is InChI=1S/C8H16N2OS/c1-3-7(5-12-2)10-6-9-4-8(10)11/h7,9H,3-6H2,1-2H3. The topological polar surface area (TPSA) is 32.3 Å².